The minimum absolute atomic E-state index is 0.0794. The fraction of sp³-hybridized carbons (Fsp3) is 0.160. The molecule has 0 fully saturated rings. The minimum atomic E-state index is -0.228. The summed E-state index contributed by atoms with van der Waals surface area (Å²) in [5.41, 5.74) is 5.14. The molecule has 0 saturated carbocycles. The maximum atomic E-state index is 12.5. The summed E-state index contributed by atoms with van der Waals surface area (Å²) in [7, 11) is 0. The predicted molar refractivity (Wildman–Crippen MR) is 118 cm³/mol. The van der Waals surface area contributed by atoms with Crippen molar-refractivity contribution in [3.63, 3.8) is 0 Å². The first-order chi connectivity index (χ1) is 14.7. The van der Waals surface area contributed by atoms with Crippen molar-refractivity contribution in [2.45, 2.75) is 25.9 Å². The van der Waals surface area contributed by atoms with E-state index in [1.54, 1.807) is 11.9 Å². The Kier molecular flexibility index (Phi) is 4.64. The molecule has 0 aliphatic carbocycles. The Balaban J connectivity index is 1.60. The summed E-state index contributed by atoms with van der Waals surface area (Å²) < 4.78 is 2.22. The van der Waals surface area contributed by atoms with Crippen molar-refractivity contribution in [2.75, 3.05) is 0 Å². The average molecular weight is 394 g/mol. The number of aromatic nitrogens is 2. The quantitative estimate of drug-likeness (QED) is 0.500. The zero-order valence-corrected chi connectivity index (χ0v) is 16.8. The van der Waals surface area contributed by atoms with Gasteiger partial charge in [-0.25, -0.2) is 9.99 Å². The molecule has 0 bridgehead atoms. The number of benzene rings is 3. The predicted octanol–water partition coefficient (Wildman–Crippen LogP) is 4.78. The van der Waals surface area contributed by atoms with Crippen LogP contribution in [0.4, 0.5) is 0 Å². The Morgan fingerprint density at radius 2 is 1.60 bits per heavy atom. The first kappa shape index (κ1) is 18.3. The molecule has 1 atom stereocenters. The van der Waals surface area contributed by atoms with Gasteiger partial charge in [0.15, 0.2) is 0 Å². The molecular formula is C25H22N4O. The molecule has 1 aliphatic heterocycles. The molecule has 1 aromatic heterocycles. The van der Waals surface area contributed by atoms with Crippen molar-refractivity contribution in [2.24, 2.45) is 5.10 Å². The Morgan fingerprint density at radius 3 is 2.33 bits per heavy atom. The number of hydrogen-bond donors (Lipinski definition) is 0. The first-order valence-corrected chi connectivity index (χ1v) is 10.1. The maximum Gasteiger partial charge on any atom is 0.240 e. The van der Waals surface area contributed by atoms with E-state index in [0.29, 0.717) is 13.0 Å². The van der Waals surface area contributed by atoms with Crippen LogP contribution < -0.4 is 0 Å². The molecule has 0 unspecified atom stereocenters. The van der Waals surface area contributed by atoms with Crippen LogP contribution in [0.25, 0.3) is 11.0 Å². The summed E-state index contributed by atoms with van der Waals surface area (Å²) >= 11 is 0. The summed E-state index contributed by atoms with van der Waals surface area (Å²) in [6.45, 7) is 2.26. The zero-order valence-electron chi connectivity index (χ0n) is 16.8. The molecule has 4 aromatic rings. The van der Waals surface area contributed by atoms with E-state index >= 15 is 0 Å². The monoisotopic (exact) mass is 394 g/mol. The SMILES string of the molecule is CC(=O)N1N=C(c2ccccc2)C[C@@H]1c1nc2ccccc2n1Cc1ccccc1. The molecule has 5 nitrogen and oxygen atoms in total. The number of carbonyl (C=O) groups is 1. The second-order valence-electron chi connectivity index (χ2n) is 7.53. The second-order valence-corrected chi connectivity index (χ2v) is 7.53. The number of nitrogens with zero attached hydrogens (tertiary/aromatic N) is 4. The van der Waals surface area contributed by atoms with Crippen molar-refractivity contribution < 1.29 is 4.79 Å². The van der Waals surface area contributed by atoms with Gasteiger partial charge in [0.05, 0.1) is 16.7 Å². The van der Waals surface area contributed by atoms with E-state index in [1.165, 1.54) is 5.56 Å². The number of amides is 1. The Bertz CT molecular complexity index is 1230. The summed E-state index contributed by atoms with van der Waals surface area (Å²) in [4.78, 5) is 17.4. The molecule has 1 amide bonds. The summed E-state index contributed by atoms with van der Waals surface area (Å²) in [6, 6.07) is 28.3. The van der Waals surface area contributed by atoms with Gasteiger partial charge < -0.3 is 4.57 Å². The molecular weight excluding hydrogens is 372 g/mol. The number of imidazole rings is 1. The van der Waals surface area contributed by atoms with E-state index in [4.69, 9.17) is 4.98 Å². The van der Waals surface area contributed by atoms with Crippen LogP contribution in [-0.2, 0) is 11.3 Å². The number of para-hydroxylation sites is 2. The van der Waals surface area contributed by atoms with Crippen molar-refractivity contribution in [1.29, 1.82) is 0 Å². The van der Waals surface area contributed by atoms with Gasteiger partial charge in [-0.3, -0.25) is 4.79 Å². The molecule has 3 aromatic carbocycles. The standard InChI is InChI=1S/C25H22N4O/c1-18(30)29-24(16-22(27-29)20-12-6-3-7-13-20)25-26-21-14-8-9-15-23(21)28(25)17-19-10-4-2-5-11-19/h2-15,24H,16-17H2,1H3/t24-/m1/s1. The molecule has 1 aliphatic rings. The fourth-order valence-corrected chi connectivity index (χ4v) is 4.09. The van der Waals surface area contributed by atoms with Crippen LogP contribution in [0.3, 0.4) is 0 Å². The highest BCUT2D eigenvalue weighted by molar-refractivity contribution is 6.03. The van der Waals surface area contributed by atoms with Crippen LogP contribution in [0.1, 0.15) is 36.3 Å². The molecule has 30 heavy (non-hydrogen) atoms. The molecule has 148 valence electrons. The molecule has 5 rings (SSSR count). The van der Waals surface area contributed by atoms with Crippen LogP contribution >= 0.6 is 0 Å². The van der Waals surface area contributed by atoms with E-state index < -0.39 is 0 Å². The topological polar surface area (TPSA) is 50.5 Å². The number of rotatable bonds is 4. The molecule has 5 heteroatoms. The van der Waals surface area contributed by atoms with E-state index in [-0.39, 0.29) is 11.9 Å². The molecule has 0 saturated heterocycles. The number of hydrogen-bond acceptors (Lipinski definition) is 3. The molecule has 2 heterocycles. The Morgan fingerprint density at radius 1 is 0.933 bits per heavy atom. The normalized spacial score (nSPS) is 16.1. The van der Waals surface area contributed by atoms with Gasteiger partial charge in [-0.15, -0.1) is 0 Å². The summed E-state index contributed by atoms with van der Waals surface area (Å²) in [5.74, 6) is 0.786. The highest BCUT2D eigenvalue weighted by Gasteiger charge is 2.35. The molecule has 0 N–H and O–H groups in total. The van der Waals surface area contributed by atoms with Crippen LogP contribution in [0.2, 0.25) is 0 Å². The van der Waals surface area contributed by atoms with Crippen molar-refractivity contribution >= 4 is 22.7 Å². The van der Waals surface area contributed by atoms with Gasteiger partial charge in [0.2, 0.25) is 5.91 Å². The lowest BCUT2D eigenvalue weighted by Gasteiger charge is -2.21. The van der Waals surface area contributed by atoms with E-state index in [9.17, 15) is 4.79 Å². The lowest BCUT2D eigenvalue weighted by atomic mass is 10.0. The fourth-order valence-electron chi connectivity index (χ4n) is 4.09. The van der Waals surface area contributed by atoms with Crippen molar-refractivity contribution in [3.8, 4) is 0 Å². The third-order valence-corrected chi connectivity index (χ3v) is 5.51. The van der Waals surface area contributed by atoms with E-state index in [0.717, 1.165) is 28.1 Å². The van der Waals surface area contributed by atoms with Gasteiger partial charge in [0, 0.05) is 19.9 Å². The van der Waals surface area contributed by atoms with Gasteiger partial charge in [-0.05, 0) is 23.3 Å². The van der Waals surface area contributed by atoms with Crippen LogP contribution in [0.5, 0.6) is 0 Å². The summed E-state index contributed by atoms with van der Waals surface area (Å²) in [6.07, 6.45) is 0.641. The minimum Gasteiger partial charge on any atom is -0.322 e. The average Bonchev–Trinajstić information content (AvgIpc) is 3.38. The maximum absolute atomic E-state index is 12.5. The van der Waals surface area contributed by atoms with Gasteiger partial charge in [0.25, 0.3) is 0 Å². The van der Waals surface area contributed by atoms with Crippen LogP contribution in [0.15, 0.2) is 90.0 Å². The second kappa shape index (κ2) is 7.59. The first-order valence-electron chi connectivity index (χ1n) is 10.1. The third-order valence-electron chi connectivity index (χ3n) is 5.51. The zero-order chi connectivity index (χ0) is 20.5. The Labute approximate surface area is 175 Å². The lowest BCUT2D eigenvalue weighted by molar-refractivity contribution is -0.130. The highest BCUT2D eigenvalue weighted by Crippen LogP contribution is 2.34. The third kappa shape index (κ3) is 3.28. The highest BCUT2D eigenvalue weighted by atomic mass is 16.2. The lowest BCUT2D eigenvalue weighted by Crippen LogP contribution is -2.27. The molecule has 0 radical (unpaired) electrons. The number of hydrazone groups is 1. The number of carbonyl (C=O) groups excluding carboxylic acids is 1. The van der Waals surface area contributed by atoms with Gasteiger partial charge in [-0.2, -0.15) is 5.10 Å². The van der Waals surface area contributed by atoms with Gasteiger partial charge in [-0.1, -0.05) is 72.8 Å². The van der Waals surface area contributed by atoms with Crippen molar-refractivity contribution in [1.82, 2.24) is 14.6 Å². The van der Waals surface area contributed by atoms with Gasteiger partial charge in [0.1, 0.15) is 11.9 Å². The Hall–Kier alpha value is -3.73. The van der Waals surface area contributed by atoms with Crippen molar-refractivity contribution in [3.05, 3.63) is 102 Å². The summed E-state index contributed by atoms with van der Waals surface area (Å²) in [5, 5.41) is 6.27. The number of fused-ring (bicyclic) bond motifs is 1. The largest absolute Gasteiger partial charge is 0.322 e. The van der Waals surface area contributed by atoms with E-state index in [1.807, 2.05) is 66.7 Å². The smallest absolute Gasteiger partial charge is 0.240 e. The van der Waals surface area contributed by atoms with Gasteiger partial charge >= 0.3 is 0 Å². The van der Waals surface area contributed by atoms with Crippen LogP contribution in [-0.4, -0.2) is 26.2 Å². The van der Waals surface area contributed by atoms with Crippen LogP contribution in [0, 0.1) is 0 Å². The van der Waals surface area contributed by atoms with E-state index in [2.05, 4.69) is 27.9 Å². The molecule has 0 spiro atoms.